The predicted molar refractivity (Wildman–Crippen MR) is 49.5 cm³/mol. The Morgan fingerprint density at radius 3 is 2.55 bits per heavy atom. The number of nitrogens with two attached hydrogens (primary N) is 1. The average molecular weight is 155 g/mol. The van der Waals surface area contributed by atoms with Crippen molar-refractivity contribution in [1.29, 1.82) is 0 Å². The quantitative estimate of drug-likeness (QED) is 0.572. The molecule has 0 amide bonds. The van der Waals surface area contributed by atoms with Crippen LogP contribution in [0.15, 0.2) is 0 Å². The zero-order valence-electron chi connectivity index (χ0n) is 7.90. The van der Waals surface area contributed by atoms with Gasteiger partial charge in [-0.15, -0.1) is 0 Å². The van der Waals surface area contributed by atoms with Crippen LogP contribution < -0.4 is 5.73 Å². The van der Waals surface area contributed by atoms with E-state index in [1.165, 1.54) is 38.5 Å². The van der Waals surface area contributed by atoms with Crippen LogP contribution >= 0.6 is 0 Å². The SMILES string of the molecule is CC1CCCCCCC1(C)N. The maximum absolute atomic E-state index is 6.19. The molecule has 2 unspecified atom stereocenters. The zero-order chi connectivity index (χ0) is 8.32. The predicted octanol–water partition coefficient (Wildman–Crippen LogP) is 2.69. The van der Waals surface area contributed by atoms with E-state index in [0.29, 0.717) is 5.92 Å². The Bertz CT molecular complexity index is 118. The summed E-state index contributed by atoms with van der Waals surface area (Å²) in [5, 5.41) is 0. The van der Waals surface area contributed by atoms with Crippen LogP contribution in [-0.4, -0.2) is 5.54 Å². The molecule has 1 fully saturated rings. The van der Waals surface area contributed by atoms with Crippen LogP contribution in [0.3, 0.4) is 0 Å². The maximum Gasteiger partial charge on any atom is 0.0151 e. The fraction of sp³-hybridized carbons (Fsp3) is 1.00. The zero-order valence-corrected chi connectivity index (χ0v) is 7.90. The minimum Gasteiger partial charge on any atom is -0.325 e. The maximum atomic E-state index is 6.19. The van der Waals surface area contributed by atoms with Gasteiger partial charge in [0.2, 0.25) is 0 Å². The minimum absolute atomic E-state index is 0.112. The first-order chi connectivity index (χ1) is 5.13. The lowest BCUT2D eigenvalue weighted by Gasteiger charge is -2.33. The van der Waals surface area contributed by atoms with E-state index in [1.807, 2.05) is 0 Å². The normalized spacial score (nSPS) is 41.2. The van der Waals surface area contributed by atoms with Gasteiger partial charge < -0.3 is 5.73 Å². The molecule has 0 bridgehead atoms. The van der Waals surface area contributed by atoms with Crippen molar-refractivity contribution in [3.05, 3.63) is 0 Å². The fourth-order valence-corrected chi connectivity index (χ4v) is 1.89. The molecule has 2 atom stereocenters. The Kier molecular flexibility index (Phi) is 2.94. The van der Waals surface area contributed by atoms with Crippen molar-refractivity contribution in [2.45, 2.75) is 57.9 Å². The van der Waals surface area contributed by atoms with Crippen molar-refractivity contribution < 1.29 is 0 Å². The summed E-state index contributed by atoms with van der Waals surface area (Å²) in [6, 6.07) is 0. The molecule has 0 aromatic rings. The van der Waals surface area contributed by atoms with E-state index in [9.17, 15) is 0 Å². The highest BCUT2D eigenvalue weighted by molar-refractivity contribution is 4.85. The molecular weight excluding hydrogens is 134 g/mol. The summed E-state index contributed by atoms with van der Waals surface area (Å²) in [5.74, 6) is 0.711. The molecule has 11 heavy (non-hydrogen) atoms. The first kappa shape index (κ1) is 9.05. The van der Waals surface area contributed by atoms with E-state index < -0.39 is 0 Å². The second kappa shape index (κ2) is 3.57. The first-order valence-corrected chi connectivity index (χ1v) is 4.92. The van der Waals surface area contributed by atoms with Gasteiger partial charge in [-0.1, -0.05) is 32.6 Å². The molecule has 1 rings (SSSR count). The molecule has 0 aliphatic heterocycles. The van der Waals surface area contributed by atoms with Gasteiger partial charge in [-0.25, -0.2) is 0 Å². The van der Waals surface area contributed by atoms with Gasteiger partial charge in [-0.2, -0.15) is 0 Å². The summed E-state index contributed by atoms with van der Waals surface area (Å²) in [5.41, 5.74) is 6.30. The van der Waals surface area contributed by atoms with Crippen LogP contribution in [0.25, 0.3) is 0 Å². The molecule has 0 heterocycles. The standard InChI is InChI=1S/C10H21N/c1-9-7-5-3-4-6-8-10(9,2)11/h9H,3-8,11H2,1-2H3. The van der Waals surface area contributed by atoms with Crippen molar-refractivity contribution in [2.75, 3.05) is 0 Å². The summed E-state index contributed by atoms with van der Waals surface area (Å²) in [6.07, 6.45) is 8.06. The molecule has 0 aromatic heterocycles. The molecule has 0 spiro atoms. The Balaban J connectivity index is 2.47. The molecule has 1 aliphatic carbocycles. The monoisotopic (exact) mass is 155 g/mol. The fourth-order valence-electron chi connectivity index (χ4n) is 1.89. The van der Waals surface area contributed by atoms with E-state index in [-0.39, 0.29) is 5.54 Å². The van der Waals surface area contributed by atoms with Crippen LogP contribution in [0.1, 0.15) is 52.4 Å². The lowest BCUT2D eigenvalue weighted by molar-refractivity contribution is 0.249. The van der Waals surface area contributed by atoms with E-state index in [2.05, 4.69) is 13.8 Å². The van der Waals surface area contributed by atoms with Crippen LogP contribution in [0, 0.1) is 5.92 Å². The highest BCUT2D eigenvalue weighted by Crippen LogP contribution is 2.28. The number of hydrogen-bond acceptors (Lipinski definition) is 1. The summed E-state index contributed by atoms with van der Waals surface area (Å²) < 4.78 is 0. The molecule has 1 saturated carbocycles. The van der Waals surface area contributed by atoms with Gasteiger partial charge in [0, 0.05) is 5.54 Å². The molecule has 1 aliphatic rings. The van der Waals surface area contributed by atoms with Gasteiger partial charge in [0.05, 0.1) is 0 Å². The largest absolute Gasteiger partial charge is 0.325 e. The second-order valence-electron chi connectivity index (χ2n) is 4.36. The van der Waals surface area contributed by atoms with Gasteiger partial charge >= 0.3 is 0 Å². The van der Waals surface area contributed by atoms with Crippen molar-refractivity contribution >= 4 is 0 Å². The number of rotatable bonds is 0. The van der Waals surface area contributed by atoms with Crippen LogP contribution in [0.5, 0.6) is 0 Å². The molecule has 0 radical (unpaired) electrons. The molecule has 1 nitrogen and oxygen atoms in total. The summed E-state index contributed by atoms with van der Waals surface area (Å²) >= 11 is 0. The van der Waals surface area contributed by atoms with E-state index >= 15 is 0 Å². The Labute approximate surface area is 70.4 Å². The van der Waals surface area contributed by atoms with Gasteiger partial charge in [0.15, 0.2) is 0 Å². The molecular formula is C10H21N. The van der Waals surface area contributed by atoms with Crippen molar-refractivity contribution in [3.63, 3.8) is 0 Å². The van der Waals surface area contributed by atoms with Crippen molar-refractivity contribution in [3.8, 4) is 0 Å². The van der Waals surface area contributed by atoms with E-state index in [4.69, 9.17) is 5.73 Å². The number of hydrogen-bond donors (Lipinski definition) is 1. The molecule has 1 heteroatoms. The summed E-state index contributed by atoms with van der Waals surface area (Å²) in [4.78, 5) is 0. The first-order valence-electron chi connectivity index (χ1n) is 4.92. The van der Waals surface area contributed by atoms with Gasteiger partial charge in [-0.05, 0) is 25.7 Å². The molecule has 0 aromatic carbocycles. The van der Waals surface area contributed by atoms with Crippen LogP contribution in [0.4, 0.5) is 0 Å². The molecule has 66 valence electrons. The topological polar surface area (TPSA) is 26.0 Å². The smallest absolute Gasteiger partial charge is 0.0151 e. The lowest BCUT2D eigenvalue weighted by atomic mass is 9.78. The Morgan fingerprint density at radius 2 is 1.82 bits per heavy atom. The van der Waals surface area contributed by atoms with Gasteiger partial charge in [0.1, 0.15) is 0 Å². The molecule has 0 saturated heterocycles. The Hall–Kier alpha value is -0.0400. The summed E-state index contributed by atoms with van der Waals surface area (Å²) in [7, 11) is 0. The van der Waals surface area contributed by atoms with E-state index in [1.54, 1.807) is 0 Å². The highest BCUT2D eigenvalue weighted by atomic mass is 14.7. The Morgan fingerprint density at radius 1 is 1.18 bits per heavy atom. The van der Waals surface area contributed by atoms with Crippen LogP contribution in [0.2, 0.25) is 0 Å². The average Bonchev–Trinajstić information content (AvgIpc) is 1.93. The minimum atomic E-state index is 0.112. The van der Waals surface area contributed by atoms with Gasteiger partial charge in [0.25, 0.3) is 0 Å². The third-order valence-corrected chi connectivity index (χ3v) is 3.23. The van der Waals surface area contributed by atoms with E-state index in [0.717, 1.165) is 0 Å². The lowest BCUT2D eigenvalue weighted by Crippen LogP contribution is -2.43. The highest BCUT2D eigenvalue weighted by Gasteiger charge is 2.26. The summed E-state index contributed by atoms with van der Waals surface area (Å²) in [6.45, 7) is 4.51. The van der Waals surface area contributed by atoms with Crippen molar-refractivity contribution in [2.24, 2.45) is 11.7 Å². The van der Waals surface area contributed by atoms with Gasteiger partial charge in [-0.3, -0.25) is 0 Å². The third-order valence-electron chi connectivity index (χ3n) is 3.23. The van der Waals surface area contributed by atoms with Crippen molar-refractivity contribution in [1.82, 2.24) is 0 Å². The van der Waals surface area contributed by atoms with Crippen LogP contribution in [-0.2, 0) is 0 Å². The second-order valence-corrected chi connectivity index (χ2v) is 4.36. The molecule has 2 N–H and O–H groups in total. The third kappa shape index (κ3) is 2.48.